The second kappa shape index (κ2) is 9.67. The number of hydrogen-bond donors (Lipinski definition) is 1. The van der Waals surface area contributed by atoms with Crippen molar-refractivity contribution in [1.82, 2.24) is 0 Å². The average molecular weight is 566 g/mol. The van der Waals surface area contributed by atoms with Gasteiger partial charge in [0.25, 0.3) is 0 Å². The van der Waals surface area contributed by atoms with Crippen molar-refractivity contribution in [2.75, 3.05) is 19.5 Å². The smallest absolute Gasteiger partial charge is 0.237 e. The monoisotopic (exact) mass is 565 g/mol. The third-order valence-electron chi connectivity index (χ3n) is 8.26. The van der Waals surface area contributed by atoms with Crippen molar-refractivity contribution in [3.05, 3.63) is 113 Å². The Bertz CT molecular complexity index is 1700. The Morgan fingerprint density at radius 3 is 2.10 bits per heavy atom. The van der Waals surface area contributed by atoms with Gasteiger partial charge in [-0.2, -0.15) is 0 Å². The first-order valence-electron chi connectivity index (χ1n) is 13.5. The van der Waals surface area contributed by atoms with Crippen LogP contribution in [0.4, 0.5) is 5.69 Å². The van der Waals surface area contributed by atoms with E-state index in [0.29, 0.717) is 21.9 Å². The van der Waals surface area contributed by atoms with Gasteiger partial charge < -0.3 is 24.1 Å². The summed E-state index contributed by atoms with van der Waals surface area (Å²) in [5.41, 5.74) is 2.17. The molecule has 41 heavy (non-hydrogen) atoms. The number of methoxy groups -OCH3 is 2. The van der Waals surface area contributed by atoms with Crippen molar-refractivity contribution in [2.24, 2.45) is 0 Å². The first-order valence-corrected chi connectivity index (χ1v) is 15.2. The van der Waals surface area contributed by atoms with Crippen molar-refractivity contribution in [3.8, 4) is 17.2 Å². The highest BCUT2D eigenvalue weighted by Crippen LogP contribution is 2.56. The van der Waals surface area contributed by atoms with Gasteiger partial charge in [-0.25, -0.2) is 0 Å². The third kappa shape index (κ3) is 3.93. The molecule has 4 aromatic rings. The number of rotatable bonds is 6. The molecule has 0 saturated heterocycles. The quantitative estimate of drug-likeness (QED) is 0.263. The molecule has 0 aromatic heterocycles. The first kappa shape index (κ1) is 26.9. The summed E-state index contributed by atoms with van der Waals surface area (Å²) < 4.78 is 33.4. The Hall–Kier alpha value is -4.28. The molecule has 0 amide bonds. The van der Waals surface area contributed by atoms with Crippen LogP contribution in [0.15, 0.2) is 91.0 Å². The van der Waals surface area contributed by atoms with E-state index in [1.54, 1.807) is 54.6 Å². The molecule has 0 bridgehead atoms. The SMILES string of the molecule is COc1cc2c(c(OC)c1C(=O)P(=O)(c1ccccc1)c1ccccc1)C=CC1(Nc3ccc(C)cc3C1(C)C)O2. The maximum atomic E-state index is 14.9. The number of aryl methyl sites for hydroxylation is 1. The topological polar surface area (TPSA) is 73.9 Å². The Balaban J connectivity index is 1.52. The van der Waals surface area contributed by atoms with Gasteiger partial charge in [-0.1, -0.05) is 78.4 Å². The molecule has 0 radical (unpaired) electrons. The molecule has 6 nitrogen and oxygen atoms in total. The molecule has 0 fully saturated rings. The molecule has 1 atom stereocenters. The maximum absolute atomic E-state index is 14.9. The van der Waals surface area contributed by atoms with Gasteiger partial charge in [0.2, 0.25) is 18.4 Å². The van der Waals surface area contributed by atoms with Gasteiger partial charge in [0, 0.05) is 22.4 Å². The normalized spacial score (nSPS) is 18.2. The molecule has 0 saturated carbocycles. The number of fused-ring (bicyclic) bond motifs is 2. The fourth-order valence-electron chi connectivity index (χ4n) is 5.91. The zero-order chi connectivity index (χ0) is 29.0. The van der Waals surface area contributed by atoms with Gasteiger partial charge in [-0.05, 0) is 44.6 Å². The molecule has 1 unspecified atom stereocenters. The van der Waals surface area contributed by atoms with Gasteiger partial charge in [-0.15, -0.1) is 0 Å². The van der Waals surface area contributed by atoms with Gasteiger partial charge in [-0.3, -0.25) is 4.79 Å². The molecule has 7 heteroatoms. The minimum absolute atomic E-state index is 0.117. The van der Waals surface area contributed by atoms with Crippen LogP contribution in [0.5, 0.6) is 17.2 Å². The molecule has 1 spiro atoms. The fourth-order valence-corrected chi connectivity index (χ4v) is 8.39. The van der Waals surface area contributed by atoms with Gasteiger partial charge in [0.1, 0.15) is 22.8 Å². The first-order chi connectivity index (χ1) is 19.7. The summed E-state index contributed by atoms with van der Waals surface area (Å²) in [6.07, 6.45) is 3.89. The van der Waals surface area contributed by atoms with Crippen LogP contribution in [-0.2, 0) is 9.98 Å². The van der Waals surface area contributed by atoms with Crippen molar-refractivity contribution < 1.29 is 23.6 Å². The summed E-state index contributed by atoms with van der Waals surface area (Å²) >= 11 is 0. The van der Waals surface area contributed by atoms with Crippen LogP contribution in [0.25, 0.3) is 6.08 Å². The van der Waals surface area contributed by atoms with Gasteiger partial charge in [0.15, 0.2) is 0 Å². The Kier molecular flexibility index (Phi) is 6.35. The van der Waals surface area contributed by atoms with E-state index in [-0.39, 0.29) is 17.1 Å². The molecule has 2 heterocycles. The van der Waals surface area contributed by atoms with Crippen molar-refractivity contribution >= 4 is 35.0 Å². The summed E-state index contributed by atoms with van der Waals surface area (Å²) in [5.74, 6) is 0.983. The number of anilines is 1. The van der Waals surface area contributed by atoms with Crippen LogP contribution in [-0.4, -0.2) is 25.5 Å². The highest BCUT2D eigenvalue weighted by molar-refractivity contribution is 7.93. The van der Waals surface area contributed by atoms with E-state index in [0.717, 1.165) is 11.3 Å². The number of benzene rings is 4. The summed E-state index contributed by atoms with van der Waals surface area (Å²) in [5, 5.41) is 4.46. The second-order valence-corrected chi connectivity index (χ2v) is 13.6. The molecule has 4 aromatic carbocycles. The standard InChI is InChI=1S/C34H32NO5P/c1-22-16-17-27-26(20-22)33(2,3)34(35-27)19-18-25-28(40-34)21-29(38-4)30(31(25)39-5)32(36)41(37,23-12-8-6-9-13-23)24-14-10-7-11-15-24/h6-21,35H,1-5H3. The lowest BCUT2D eigenvalue weighted by Crippen LogP contribution is -2.53. The van der Waals surface area contributed by atoms with Crippen LogP contribution in [0.2, 0.25) is 0 Å². The predicted molar refractivity (Wildman–Crippen MR) is 164 cm³/mol. The van der Waals surface area contributed by atoms with Crippen molar-refractivity contribution in [3.63, 3.8) is 0 Å². The second-order valence-electron chi connectivity index (χ2n) is 11.0. The van der Waals surface area contributed by atoms with Crippen LogP contribution in [0.3, 0.4) is 0 Å². The predicted octanol–water partition coefficient (Wildman–Crippen LogP) is 6.67. The summed E-state index contributed by atoms with van der Waals surface area (Å²) in [7, 11) is -0.840. The van der Waals surface area contributed by atoms with E-state index in [1.165, 1.54) is 19.8 Å². The highest BCUT2D eigenvalue weighted by Gasteiger charge is 2.55. The Labute approximate surface area is 240 Å². The van der Waals surface area contributed by atoms with Crippen LogP contribution >= 0.6 is 7.14 Å². The number of carbonyl (C=O) groups excluding carboxylic acids is 1. The lowest BCUT2D eigenvalue weighted by molar-refractivity contribution is 0.0815. The minimum Gasteiger partial charge on any atom is -0.496 e. The van der Waals surface area contributed by atoms with Gasteiger partial charge >= 0.3 is 0 Å². The Morgan fingerprint density at radius 1 is 0.878 bits per heavy atom. The zero-order valence-corrected chi connectivity index (χ0v) is 24.6. The molecule has 6 rings (SSSR count). The molecular formula is C34H32NO5P. The van der Waals surface area contributed by atoms with E-state index in [2.05, 4.69) is 44.3 Å². The van der Waals surface area contributed by atoms with E-state index in [4.69, 9.17) is 14.2 Å². The number of ether oxygens (including phenoxy) is 3. The van der Waals surface area contributed by atoms with E-state index < -0.39 is 23.8 Å². The van der Waals surface area contributed by atoms with E-state index in [9.17, 15) is 9.36 Å². The highest BCUT2D eigenvalue weighted by atomic mass is 31.2. The van der Waals surface area contributed by atoms with Crippen molar-refractivity contribution in [1.29, 1.82) is 0 Å². The third-order valence-corrected chi connectivity index (χ3v) is 11.1. The van der Waals surface area contributed by atoms with E-state index in [1.807, 2.05) is 24.3 Å². The fraction of sp³-hybridized carbons (Fsp3) is 0.206. The molecule has 208 valence electrons. The van der Waals surface area contributed by atoms with Crippen LogP contribution in [0, 0.1) is 6.92 Å². The van der Waals surface area contributed by atoms with Crippen LogP contribution < -0.4 is 30.1 Å². The summed E-state index contributed by atoms with van der Waals surface area (Å²) in [6.45, 7) is 6.36. The summed E-state index contributed by atoms with van der Waals surface area (Å²) in [4.78, 5) is 14.5. The number of carbonyl (C=O) groups is 1. The molecule has 2 aliphatic rings. The molecular weight excluding hydrogens is 533 g/mol. The van der Waals surface area contributed by atoms with Gasteiger partial charge in [0.05, 0.1) is 25.2 Å². The largest absolute Gasteiger partial charge is 0.496 e. The maximum Gasteiger partial charge on any atom is 0.237 e. The molecule has 1 N–H and O–H groups in total. The summed E-state index contributed by atoms with van der Waals surface area (Å²) in [6, 6.07) is 25.7. The lowest BCUT2D eigenvalue weighted by atomic mass is 9.76. The average Bonchev–Trinajstić information content (AvgIpc) is 3.20. The molecule has 2 aliphatic heterocycles. The van der Waals surface area contributed by atoms with Crippen molar-refractivity contribution in [2.45, 2.75) is 31.9 Å². The zero-order valence-electron chi connectivity index (χ0n) is 23.7. The lowest BCUT2D eigenvalue weighted by Gasteiger charge is -2.42. The van der Waals surface area contributed by atoms with E-state index >= 15 is 0 Å². The van der Waals surface area contributed by atoms with Crippen LogP contribution in [0.1, 0.15) is 40.9 Å². The Morgan fingerprint density at radius 2 is 1.51 bits per heavy atom. The minimum atomic E-state index is -3.82. The molecule has 0 aliphatic carbocycles. The number of hydrogen-bond acceptors (Lipinski definition) is 6. The number of nitrogens with one attached hydrogen (secondary N) is 1.